The molecule has 4 rings (SSSR count). The molecule has 3 aromatic rings. The summed E-state index contributed by atoms with van der Waals surface area (Å²) in [5.74, 6) is 1.24. The fourth-order valence-electron chi connectivity index (χ4n) is 4.28. The van der Waals surface area contributed by atoms with Crippen molar-refractivity contribution in [2.75, 3.05) is 55.5 Å². The summed E-state index contributed by atoms with van der Waals surface area (Å²) in [4.78, 5) is 26.7. The first-order chi connectivity index (χ1) is 17.8. The highest BCUT2D eigenvalue weighted by Gasteiger charge is 2.24. The van der Waals surface area contributed by atoms with Gasteiger partial charge in [0.1, 0.15) is 17.3 Å². The number of anilines is 5. The highest BCUT2D eigenvalue weighted by molar-refractivity contribution is 6.33. The van der Waals surface area contributed by atoms with Crippen LogP contribution in [0.3, 0.4) is 0 Å². The number of nitrogens with one attached hydrogen (secondary N) is 1. The maximum atomic E-state index is 12.2. The lowest BCUT2D eigenvalue weighted by molar-refractivity contribution is 0.204. The Bertz CT molecular complexity index is 1250. The van der Waals surface area contributed by atoms with Crippen molar-refractivity contribution in [3.63, 3.8) is 0 Å². The third-order valence-electron chi connectivity index (χ3n) is 6.28. The number of carbonyl (C=O) groups is 1. The number of benzene rings is 2. The van der Waals surface area contributed by atoms with E-state index >= 15 is 0 Å². The quantitative estimate of drug-likeness (QED) is 0.408. The molecule has 0 atom stereocenters. The Hall–Kier alpha value is -3.76. The van der Waals surface area contributed by atoms with E-state index in [0.29, 0.717) is 33.9 Å². The Morgan fingerprint density at radius 3 is 2.46 bits per heavy atom. The van der Waals surface area contributed by atoms with Gasteiger partial charge in [0.15, 0.2) is 0 Å². The van der Waals surface area contributed by atoms with Crippen LogP contribution in [0.4, 0.5) is 33.6 Å². The van der Waals surface area contributed by atoms with Crippen molar-refractivity contribution >= 4 is 46.5 Å². The van der Waals surface area contributed by atoms with Gasteiger partial charge in [0, 0.05) is 56.2 Å². The van der Waals surface area contributed by atoms with Crippen LogP contribution in [0.15, 0.2) is 48.7 Å². The molecule has 0 spiro atoms. The molecule has 0 unspecified atom stereocenters. The van der Waals surface area contributed by atoms with Gasteiger partial charge in [-0.05, 0) is 44.2 Å². The predicted octanol–water partition coefficient (Wildman–Crippen LogP) is 5.24. The molecule has 1 amide bonds. The first-order valence-electron chi connectivity index (χ1n) is 11.9. The molecule has 0 bridgehead atoms. The zero-order valence-electron chi connectivity index (χ0n) is 21.3. The van der Waals surface area contributed by atoms with Gasteiger partial charge in [-0.15, -0.1) is 0 Å². The van der Waals surface area contributed by atoms with Crippen molar-refractivity contribution in [2.24, 2.45) is 0 Å². The molecule has 10 nitrogen and oxygen atoms in total. The van der Waals surface area contributed by atoms with Crippen LogP contribution in [0.25, 0.3) is 0 Å². The van der Waals surface area contributed by atoms with E-state index in [1.165, 1.54) is 26.5 Å². The molecule has 0 aliphatic carbocycles. The van der Waals surface area contributed by atoms with Crippen LogP contribution in [-0.4, -0.2) is 72.5 Å². The summed E-state index contributed by atoms with van der Waals surface area (Å²) in [5.41, 5.74) is 1.97. The van der Waals surface area contributed by atoms with E-state index in [1.807, 2.05) is 18.2 Å². The summed E-state index contributed by atoms with van der Waals surface area (Å²) >= 11 is 6.64. The number of aromatic nitrogens is 2. The number of piperazine rings is 1. The van der Waals surface area contributed by atoms with Gasteiger partial charge in [-0.25, -0.2) is 14.7 Å². The molecular weight excluding hydrogens is 496 g/mol. The van der Waals surface area contributed by atoms with Crippen LogP contribution in [0, 0.1) is 0 Å². The minimum atomic E-state index is -1.22. The molecule has 1 aliphatic heterocycles. The Morgan fingerprint density at radius 1 is 1.08 bits per heavy atom. The fourth-order valence-corrected chi connectivity index (χ4v) is 4.58. The fraction of sp³-hybridized carbons (Fsp3) is 0.346. The number of carboxylic acid groups (broad SMARTS) is 1. The zero-order chi connectivity index (χ0) is 26.5. The normalized spacial score (nSPS) is 13.9. The maximum Gasteiger partial charge on any atom is 0.417 e. The third-order valence-corrected chi connectivity index (χ3v) is 6.58. The number of halogens is 1. The van der Waals surface area contributed by atoms with E-state index < -0.39 is 6.09 Å². The van der Waals surface area contributed by atoms with E-state index in [4.69, 9.17) is 21.1 Å². The van der Waals surface area contributed by atoms with Gasteiger partial charge in [0.2, 0.25) is 5.95 Å². The molecule has 2 heterocycles. The van der Waals surface area contributed by atoms with Crippen LogP contribution in [0.1, 0.15) is 13.8 Å². The van der Waals surface area contributed by atoms with Gasteiger partial charge in [-0.3, -0.25) is 4.90 Å². The van der Waals surface area contributed by atoms with Gasteiger partial charge in [-0.2, -0.15) is 4.98 Å². The van der Waals surface area contributed by atoms with Crippen molar-refractivity contribution in [3.8, 4) is 11.5 Å². The van der Waals surface area contributed by atoms with Crippen LogP contribution in [-0.2, 0) is 0 Å². The van der Waals surface area contributed by atoms with E-state index in [-0.39, 0.29) is 11.8 Å². The lowest BCUT2D eigenvalue weighted by Gasteiger charge is -2.38. The van der Waals surface area contributed by atoms with Crippen molar-refractivity contribution in [1.82, 2.24) is 14.9 Å². The number of hydrogen-bond donors (Lipinski definition) is 2. The van der Waals surface area contributed by atoms with E-state index in [1.54, 1.807) is 18.2 Å². The number of rotatable bonds is 8. The molecule has 37 heavy (non-hydrogen) atoms. The third kappa shape index (κ3) is 5.98. The van der Waals surface area contributed by atoms with Crippen LogP contribution in [0.5, 0.6) is 11.5 Å². The molecule has 1 aromatic heterocycles. The van der Waals surface area contributed by atoms with Gasteiger partial charge in [0.05, 0.1) is 30.6 Å². The number of amides is 1. The minimum absolute atomic E-state index is 0.152. The molecule has 2 N–H and O–H groups in total. The number of methoxy groups -OCH3 is 2. The SMILES string of the molecule is COc1ccc(N(C(=O)O)c2ccnc(Nc3ccc(N4CCN(C(C)C)CC4)c(Cl)c3)n2)c(OC)c1. The second kappa shape index (κ2) is 11.5. The molecule has 0 saturated carbocycles. The van der Waals surface area contributed by atoms with Crippen molar-refractivity contribution < 1.29 is 19.4 Å². The smallest absolute Gasteiger partial charge is 0.417 e. The molecule has 2 aromatic carbocycles. The van der Waals surface area contributed by atoms with Crippen molar-refractivity contribution in [2.45, 2.75) is 19.9 Å². The average Bonchev–Trinajstić information content (AvgIpc) is 2.89. The topological polar surface area (TPSA) is 103 Å². The summed E-state index contributed by atoms with van der Waals surface area (Å²) in [7, 11) is 2.99. The molecular formula is C26H31ClN6O4. The van der Waals surface area contributed by atoms with Gasteiger partial charge >= 0.3 is 6.09 Å². The Labute approximate surface area is 221 Å². The number of hydrogen-bond acceptors (Lipinski definition) is 8. The summed E-state index contributed by atoms with van der Waals surface area (Å²) in [5, 5.41) is 13.7. The second-order valence-corrected chi connectivity index (χ2v) is 9.21. The summed E-state index contributed by atoms with van der Waals surface area (Å²) in [6, 6.07) is 12.6. The van der Waals surface area contributed by atoms with E-state index in [2.05, 4.69) is 38.9 Å². The van der Waals surface area contributed by atoms with Crippen LogP contribution in [0.2, 0.25) is 5.02 Å². The predicted molar refractivity (Wildman–Crippen MR) is 145 cm³/mol. The first kappa shape index (κ1) is 26.3. The van der Waals surface area contributed by atoms with Crippen LogP contribution >= 0.6 is 11.6 Å². The maximum absolute atomic E-state index is 12.2. The molecule has 1 aliphatic rings. The first-order valence-corrected chi connectivity index (χ1v) is 12.3. The summed E-state index contributed by atoms with van der Waals surface area (Å²) < 4.78 is 10.6. The molecule has 11 heteroatoms. The van der Waals surface area contributed by atoms with Gasteiger partial charge in [0.25, 0.3) is 0 Å². The minimum Gasteiger partial charge on any atom is -0.497 e. The number of nitrogens with zero attached hydrogens (tertiary/aromatic N) is 5. The molecule has 1 saturated heterocycles. The molecule has 1 fully saturated rings. The number of ether oxygens (including phenoxy) is 2. The lowest BCUT2D eigenvalue weighted by atomic mass is 10.2. The van der Waals surface area contributed by atoms with E-state index in [9.17, 15) is 9.90 Å². The Balaban J connectivity index is 1.54. The van der Waals surface area contributed by atoms with Crippen molar-refractivity contribution in [3.05, 3.63) is 53.7 Å². The van der Waals surface area contributed by atoms with Crippen LogP contribution < -0.4 is 24.6 Å². The van der Waals surface area contributed by atoms with E-state index in [0.717, 1.165) is 36.8 Å². The molecule has 196 valence electrons. The van der Waals surface area contributed by atoms with Gasteiger partial charge in [-0.1, -0.05) is 11.6 Å². The van der Waals surface area contributed by atoms with Gasteiger partial charge < -0.3 is 24.8 Å². The average molecular weight is 527 g/mol. The second-order valence-electron chi connectivity index (χ2n) is 8.80. The Kier molecular flexibility index (Phi) is 8.20. The summed E-state index contributed by atoms with van der Waals surface area (Å²) in [6.07, 6.45) is 0.263. The largest absolute Gasteiger partial charge is 0.497 e. The Morgan fingerprint density at radius 2 is 1.84 bits per heavy atom. The van der Waals surface area contributed by atoms with Crippen molar-refractivity contribution in [1.29, 1.82) is 0 Å². The zero-order valence-corrected chi connectivity index (χ0v) is 22.1. The molecule has 0 radical (unpaired) electrons. The standard InChI is InChI=1S/C26H31ClN6O4/c1-17(2)31-11-13-32(14-12-31)21-7-5-18(15-20(21)27)29-25-28-10-9-24(30-25)33(26(34)35)22-8-6-19(36-3)16-23(22)37-4/h5-10,15-17H,11-14H2,1-4H3,(H,34,35)(H,28,29,30). The highest BCUT2D eigenvalue weighted by atomic mass is 35.5. The summed E-state index contributed by atoms with van der Waals surface area (Å²) in [6.45, 7) is 8.24. The highest BCUT2D eigenvalue weighted by Crippen LogP contribution is 2.36. The monoisotopic (exact) mass is 526 g/mol. The lowest BCUT2D eigenvalue weighted by Crippen LogP contribution is -2.49.